The van der Waals surface area contributed by atoms with E-state index in [2.05, 4.69) is 9.46 Å². The zero-order chi connectivity index (χ0) is 20.4. The van der Waals surface area contributed by atoms with Gasteiger partial charge in [-0.05, 0) is 45.8 Å². The van der Waals surface area contributed by atoms with Crippen molar-refractivity contribution in [3.05, 3.63) is 0 Å². The summed E-state index contributed by atoms with van der Waals surface area (Å²) in [6, 6.07) is -1.77. The first kappa shape index (κ1) is 24.6. The number of carbonyl (C=O) groups excluding carboxylic acids is 1. The van der Waals surface area contributed by atoms with Crippen LogP contribution in [0.4, 0.5) is 8.78 Å². The van der Waals surface area contributed by atoms with Crippen molar-refractivity contribution >= 4 is 25.3 Å². The van der Waals surface area contributed by atoms with E-state index in [0.29, 0.717) is 0 Å². The maximum Gasteiger partial charge on any atom is 0.378 e. The van der Waals surface area contributed by atoms with Crippen LogP contribution in [0.2, 0.25) is 18.1 Å². The third kappa shape index (κ3) is 6.37. The Morgan fingerprint density at radius 1 is 1.12 bits per heavy atom. The molecule has 0 aliphatic heterocycles. The summed E-state index contributed by atoms with van der Waals surface area (Å²) >= 11 is 0. The second-order valence-electron chi connectivity index (χ2n) is 8.67. The van der Waals surface area contributed by atoms with Crippen LogP contribution in [0.1, 0.15) is 48.5 Å². The molecule has 0 fully saturated rings. The van der Waals surface area contributed by atoms with E-state index in [1.165, 1.54) is 6.92 Å². The van der Waals surface area contributed by atoms with E-state index in [1.54, 1.807) is 20.8 Å². The van der Waals surface area contributed by atoms with Crippen LogP contribution in [0.25, 0.3) is 0 Å². The number of alkyl halides is 2. The summed E-state index contributed by atoms with van der Waals surface area (Å²) in [6.07, 6.45) is -1.04. The Labute approximate surface area is 153 Å². The fourth-order valence-corrected chi connectivity index (χ4v) is 4.07. The van der Waals surface area contributed by atoms with Crippen molar-refractivity contribution in [1.82, 2.24) is 4.72 Å². The molecule has 0 aromatic heterocycles. The SMILES string of the molecule is COC(=O)C(F)(F)[C@H](N[S@@](=O)C(C)(C)C)[C@@H](C)O[Si](C)(C)C(C)(C)C. The van der Waals surface area contributed by atoms with Gasteiger partial charge in [-0.1, -0.05) is 20.8 Å². The topological polar surface area (TPSA) is 64.6 Å². The van der Waals surface area contributed by atoms with Crippen LogP contribution in [0.5, 0.6) is 0 Å². The molecule has 0 rings (SSSR count). The van der Waals surface area contributed by atoms with Crippen molar-refractivity contribution in [1.29, 1.82) is 0 Å². The minimum absolute atomic E-state index is 0.199. The Hall–Kier alpha value is -0.383. The molecule has 0 saturated carbocycles. The van der Waals surface area contributed by atoms with Gasteiger partial charge in [0, 0.05) is 0 Å². The monoisotopic (exact) mass is 401 g/mol. The van der Waals surface area contributed by atoms with Gasteiger partial charge in [0.2, 0.25) is 0 Å². The summed E-state index contributed by atoms with van der Waals surface area (Å²) in [4.78, 5) is 11.6. The molecule has 1 N–H and O–H groups in total. The summed E-state index contributed by atoms with van der Waals surface area (Å²) in [7, 11) is -3.28. The predicted octanol–water partition coefficient (Wildman–Crippen LogP) is 3.63. The smallest absolute Gasteiger partial charge is 0.378 e. The highest BCUT2D eigenvalue weighted by atomic mass is 32.2. The molecule has 0 aliphatic rings. The summed E-state index contributed by atoms with van der Waals surface area (Å²) in [5, 5.41) is -0.199. The maximum absolute atomic E-state index is 14.6. The molecule has 150 valence electrons. The molecule has 0 radical (unpaired) electrons. The molecule has 0 spiro atoms. The van der Waals surface area contributed by atoms with E-state index < -0.39 is 48.1 Å². The van der Waals surface area contributed by atoms with Gasteiger partial charge in [0.25, 0.3) is 0 Å². The lowest BCUT2D eigenvalue weighted by molar-refractivity contribution is -0.176. The second kappa shape index (κ2) is 8.10. The molecule has 0 aromatic carbocycles. The zero-order valence-electron chi connectivity index (χ0n) is 17.0. The Bertz CT molecular complexity index is 501. The molecular weight excluding hydrogens is 368 g/mol. The van der Waals surface area contributed by atoms with E-state index in [4.69, 9.17) is 4.43 Å². The quantitative estimate of drug-likeness (QED) is 0.523. The van der Waals surface area contributed by atoms with E-state index in [-0.39, 0.29) is 5.04 Å². The van der Waals surface area contributed by atoms with E-state index >= 15 is 0 Å². The number of esters is 1. The first-order valence-corrected chi connectivity index (χ1v) is 12.3. The van der Waals surface area contributed by atoms with Crippen molar-refractivity contribution in [3.63, 3.8) is 0 Å². The molecule has 3 atom stereocenters. The van der Waals surface area contributed by atoms with Crippen LogP contribution < -0.4 is 4.72 Å². The molecule has 5 nitrogen and oxygen atoms in total. The van der Waals surface area contributed by atoms with Crippen LogP contribution in [0.3, 0.4) is 0 Å². The fourth-order valence-electron chi connectivity index (χ4n) is 1.73. The number of methoxy groups -OCH3 is 1. The van der Waals surface area contributed by atoms with Gasteiger partial charge in [-0.2, -0.15) is 8.78 Å². The average Bonchev–Trinajstić information content (AvgIpc) is 2.39. The average molecular weight is 402 g/mol. The molecule has 9 heteroatoms. The summed E-state index contributed by atoms with van der Waals surface area (Å²) in [5.74, 6) is -5.56. The van der Waals surface area contributed by atoms with Crippen LogP contribution in [0, 0.1) is 0 Å². The lowest BCUT2D eigenvalue weighted by Gasteiger charge is -2.41. The first-order valence-electron chi connectivity index (χ1n) is 8.20. The molecule has 0 amide bonds. The summed E-state index contributed by atoms with van der Waals surface area (Å²) < 4.78 is 53.5. The van der Waals surface area contributed by atoms with Crippen molar-refractivity contribution < 1.29 is 26.9 Å². The maximum atomic E-state index is 14.6. The van der Waals surface area contributed by atoms with Gasteiger partial charge in [0.1, 0.15) is 6.04 Å². The Morgan fingerprint density at radius 2 is 1.56 bits per heavy atom. The molecule has 0 bridgehead atoms. The van der Waals surface area contributed by atoms with Crippen LogP contribution in [0.15, 0.2) is 0 Å². The number of rotatable bonds is 7. The number of hydrogen-bond donors (Lipinski definition) is 1. The predicted molar refractivity (Wildman–Crippen MR) is 99.5 cm³/mol. The van der Waals surface area contributed by atoms with Gasteiger partial charge in [-0.25, -0.2) is 13.7 Å². The largest absolute Gasteiger partial charge is 0.465 e. The summed E-state index contributed by atoms with van der Waals surface area (Å²) in [6.45, 7) is 16.2. The Morgan fingerprint density at radius 3 is 1.88 bits per heavy atom. The minimum atomic E-state index is -3.88. The zero-order valence-corrected chi connectivity index (χ0v) is 18.8. The lowest BCUT2D eigenvalue weighted by atomic mass is 10.1. The molecule has 0 aromatic rings. The third-order valence-electron chi connectivity index (χ3n) is 4.39. The number of hydrogen-bond acceptors (Lipinski definition) is 4. The fraction of sp³-hybridized carbons (Fsp3) is 0.938. The molecule has 0 heterocycles. The highest BCUT2D eigenvalue weighted by Crippen LogP contribution is 2.38. The molecular formula is C16H33F2NO4SSi. The van der Waals surface area contributed by atoms with Gasteiger partial charge >= 0.3 is 11.9 Å². The van der Waals surface area contributed by atoms with E-state index in [9.17, 15) is 17.8 Å². The molecule has 0 unspecified atom stereocenters. The van der Waals surface area contributed by atoms with Crippen molar-refractivity contribution in [2.24, 2.45) is 0 Å². The normalized spacial score (nSPS) is 17.8. The van der Waals surface area contributed by atoms with Gasteiger partial charge < -0.3 is 9.16 Å². The van der Waals surface area contributed by atoms with Crippen molar-refractivity contribution in [2.45, 2.75) is 89.4 Å². The van der Waals surface area contributed by atoms with Gasteiger partial charge in [0.15, 0.2) is 8.32 Å². The molecule has 0 aliphatic carbocycles. The van der Waals surface area contributed by atoms with Gasteiger partial charge in [-0.15, -0.1) is 0 Å². The van der Waals surface area contributed by atoms with E-state index in [1.807, 2.05) is 33.9 Å². The van der Waals surface area contributed by atoms with Crippen LogP contribution in [-0.2, 0) is 24.9 Å². The van der Waals surface area contributed by atoms with Crippen LogP contribution >= 0.6 is 0 Å². The van der Waals surface area contributed by atoms with Gasteiger partial charge in [0.05, 0.1) is 28.9 Å². The Kier molecular flexibility index (Phi) is 7.98. The number of carbonyl (C=O) groups is 1. The Balaban J connectivity index is 5.74. The van der Waals surface area contributed by atoms with Crippen LogP contribution in [-0.4, -0.2) is 48.4 Å². The second-order valence-corrected chi connectivity index (χ2v) is 15.4. The van der Waals surface area contributed by atoms with Crippen molar-refractivity contribution in [2.75, 3.05) is 7.11 Å². The third-order valence-corrected chi connectivity index (χ3v) is 10.5. The lowest BCUT2D eigenvalue weighted by Crippen LogP contribution is -2.60. The van der Waals surface area contributed by atoms with Crippen molar-refractivity contribution in [3.8, 4) is 0 Å². The highest BCUT2D eigenvalue weighted by molar-refractivity contribution is 7.84. The molecule has 25 heavy (non-hydrogen) atoms. The number of ether oxygens (including phenoxy) is 1. The first-order chi connectivity index (χ1) is 10.9. The van der Waals surface area contributed by atoms with Gasteiger partial charge in [-0.3, -0.25) is 0 Å². The minimum Gasteiger partial charge on any atom is -0.465 e. The van der Waals surface area contributed by atoms with E-state index in [0.717, 1.165) is 7.11 Å². The number of halogens is 2. The highest BCUT2D eigenvalue weighted by Gasteiger charge is 2.54. The number of nitrogens with one attached hydrogen (secondary N) is 1. The standard InChI is InChI=1S/C16H33F2NO4SSi/c1-11(23-25(9,10)15(5,6)7)12(16(17,18)13(20)22-8)19-24(21)14(2,3)4/h11-12,19H,1-10H3/t11-,12-,24+/m1/s1. The summed E-state index contributed by atoms with van der Waals surface area (Å²) in [5.41, 5.74) is 0. The molecule has 0 saturated heterocycles.